The number of carbonyl (C=O) groups is 2. The number of halogens is 1. The van der Waals surface area contributed by atoms with E-state index in [9.17, 15) is 9.59 Å². The van der Waals surface area contributed by atoms with Crippen molar-refractivity contribution >= 4 is 34.6 Å². The summed E-state index contributed by atoms with van der Waals surface area (Å²) in [7, 11) is 1.90. The van der Waals surface area contributed by atoms with Gasteiger partial charge >= 0.3 is 6.03 Å². The van der Waals surface area contributed by atoms with Crippen LogP contribution in [0.5, 0.6) is 0 Å². The van der Waals surface area contributed by atoms with Crippen LogP contribution in [0.3, 0.4) is 0 Å². The number of piperidine rings is 1. The fourth-order valence-electron chi connectivity index (χ4n) is 3.68. The van der Waals surface area contributed by atoms with E-state index < -0.39 is 0 Å². The topological polar surface area (TPSA) is 79.3 Å². The van der Waals surface area contributed by atoms with Crippen LogP contribution in [0.25, 0.3) is 11.0 Å². The van der Waals surface area contributed by atoms with Crippen molar-refractivity contribution in [2.75, 3.05) is 19.6 Å². The van der Waals surface area contributed by atoms with Gasteiger partial charge < -0.3 is 20.1 Å². The zero-order chi connectivity index (χ0) is 20.1. The first-order valence-electron chi connectivity index (χ1n) is 9.89. The molecule has 1 aromatic carbocycles. The number of imidazole rings is 1. The number of likely N-dealkylation sites (tertiary alicyclic amines) is 1. The molecule has 1 unspecified atom stereocenters. The molecule has 2 heterocycles. The Kier molecular flexibility index (Phi) is 6.78. The zero-order valence-corrected chi connectivity index (χ0v) is 17.3. The van der Waals surface area contributed by atoms with Crippen molar-refractivity contribution in [3.05, 3.63) is 29.0 Å². The third-order valence-corrected chi connectivity index (χ3v) is 5.51. The third kappa shape index (κ3) is 4.76. The fourth-order valence-corrected chi connectivity index (χ4v) is 3.98. The second kappa shape index (κ2) is 9.28. The standard InChI is InChI=1S/C20H28ClN5O2/c1-3-6-18(27)22-11-14-7-5-10-26(13-14)20(28)23-12-17-24-16-9-4-8-15(21)19(16)25(17)2/h4,8-9,14H,3,5-7,10-13H2,1-2H3,(H,22,27)(H,23,28). The van der Waals surface area contributed by atoms with E-state index in [1.165, 1.54) is 0 Å². The number of carbonyl (C=O) groups excluding carboxylic acids is 2. The van der Waals surface area contributed by atoms with Gasteiger partial charge in [-0.2, -0.15) is 0 Å². The number of aryl methyl sites for hydroxylation is 1. The molecule has 1 aromatic heterocycles. The Morgan fingerprint density at radius 3 is 2.89 bits per heavy atom. The number of hydrogen-bond acceptors (Lipinski definition) is 3. The molecule has 0 saturated carbocycles. The predicted octanol–water partition coefficient (Wildman–Crippen LogP) is 3.06. The Balaban J connectivity index is 1.54. The second-order valence-corrected chi connectivity index (χ2v) is 7.77. The lowest BCUT2D eigenvalue weighted by molar-refractivity contribution is -0.121. The molecule has 28 heavy (non-hydrogen) atoms. The van der Waals surface area contributed by atoms with Crippen LogP contribution in [0.4, 0.5) is 4.79 Å². The van der Waals surface area contributed by atoms with Gasteiger partial charge in [0.05, 0.1) is 22.6 Å². The van der Waals surface area contributed by atoms with Crippen LogP contribution < -0.4 is 10.6 Å². The molecular weight excluding hydrogens is 378 g/mol. The van der Waals surface area contributed by atoms with Crippen molar-refractivity contribution in [1.82, 2.24) is 25.1 Å². The molecule has 1 aliphatic heterocycles. The van der Waals surface area contributed by atoms with E-state index in [0.29, 0.717) is 37.0 Å². The highest BCUT2D eigenvalue weighted by atomic mass is 35.5. The zero-order valence-electron chi connectivity index (χ0n) is 16.5. The van der Waals surface area contributed by atoms with E-state index in [0.717, 1.165) is 42.7 Å². The van der Waals surface area contributed by atoms with Crippen molar-refractivity contribution < 1.29 is 9.59 Å². The summed E-state index contributed by atoms with van der Waals surface area (Å²) >= 11 is 6.26. The molecule has 0 spiro atoms. The van der Waals surface area contributed by atoms with E-state index in [1.54, 1.807) is 0 Å². The van der Waals surface area contributed by atoms with E-state index >= 15 is 0 Å². The second-order valence-electron chi connectivity index (χ2n) is 7.36. The van der Waals surface area contributed by atoms with Gasteiger partial charge in [-0.15, -0.1) is 0 Å². The molecule has 0 radical (unpaired) electrons. The van der Waals surface area contributed by atoms with E-state index in [4.69, 9.17) is 11.6 Å². The number of amides is 3. The van der Waals surface area contributed by atoms with E-state index in [-0.39, 0.29) is 11.9 Å². The molecule has 1 saturated heterocycles. The van der Waals surface area contributed by atoms with Crippen LogP contribution in [0.1, 0.15) is 38.4 Å². The Hall–Kier alpha value is -2.28. The first kappa shape index (κ1) is 20.5. The Morgan fingerprint density at radius 1 is 1.32 bits per heavy atom. The lowest BCUT2D eigenvalue weighted by Gasteiger charge is -2.32. The number of aromatic nitrogens is 2. The normalized spacial score (nSPS) is 17.0. The lowest BCUT2D eigenvalue weighted by atomic mass is 9.98. The minimum Gasteiger partial charge on any atom is -0.356 e. The molecule has 0 aliphatic carbocycles. The number of nitrogens with zero attached hydrogens (tertiary/aromatic N) is 3. The van der Waals surface area contributed by atoms with Gasteiger partial charge in [-0.05, 0) is 37.3 Å². The third-order valence-electron chi connectivity index (χ3n) is 5.21. The monoisotopic (exact) mass is 405 g/mol. The van der Waals surface area contributed by atoms with Gasteiger partial charge in [-0.1, -0.05) is 24.6 Å². The van der Waals surface area contributed by atoms with Gasteiger partial charge in [0, 0.05) is 33.1 Å². The molecule has 1 fully saturated rings. The number of para-hydroxylation sites is 1. The summed E-state index contributed by atoms with van der Waals surface area (Å²) in [6.07, 6.45) is 3.38. The van der Waals surface area contributed by atoms with Gasteiger partial charge in [0.2, 0.25) is 5.91 Å². The van der Waals surface area contributed by atoms with Crippen LogP contribution in [0, 0.1) is 5.92 Å². The minimum absolute atomic E-state index is 0.0876. The fraction of sp³-hybridized carbons (Fsp3) is 0.550. The maximum absolute atomic E-state index is 12.6. The summed E-state index contributed by atoms with van der Waals surface area (Å²) < 4.78 is 1.92. The SMILES string of the molecule is CCCC(=O)NCC1CCCN(C(=O)NCc2nc3cccc(Cl)c3n2C)C1. The number of rotatable bonds is 6. The van der Waals surface area contributed by atoms with Gasteiger partial charge in [0.25, 0.3) is 0 Å². The van der Waals surface area contributed by atoms with Crippen molar-refractivity contribution in [2.45, 2.75) is 39.2 Å². The first-order chi connectivity index (χ1) is 13.5. The highest BCUT2D eigenvalue weighted by Gasteiger charge is 2.24. The largest absolute Gasteiger partial charge is 0.356 e. The van der Waals surface area contributed by atoms with E-state index in [2.05, 4.69) is 15.6 Å². The summed E-state index contributed by atoms with van der Waals surface area (Å²) in [5.74, 6) is 1.15. The highest BCUT2D eigenvalue weighted by Crippen LogP contribution is 2.23. The van der Waals surface area contributed by atoms with Crippen molar-refractivity contribution in [3.8, 4) is 0 Å². The lowest BCUT2D eigenvalue weighted by Crippen LogP contribution is -2.47. The molecular formula is C20H28ClN5O2. The molecule has 2 N–H and O–H groups in total. The summed E-state index contributed by atoms with van der Waals surface area (Å²) in [5, 5.41) is 6.59. The molecule has 1 aliphatic rings. The Morgan fingerprint density at radius 2 is 2.14 bits per heavy atom. The number of benzene rings is 1. The van der Waals surface area contributed by atoms with Crippen LogP contribution in [-0.2, 0) is 18.4 Å². The quantitative estimate of drug-likeness (QED) is 0.775. The van der Waals surface area contributed by atoms with E-state index in [1.807, 2.05) is 41.6 Å². The molecule has 152 valence electrons. The van der Waals surface area contributed by atoms with Gasteiger partial charge in [0.1, 0.15) is 5.82 Å². The average Bonchev–Trinajstić information content (AvgIpc) is 3.02. The van der Waals surface area contributed by atoms with Gasteiger partial charge in [0.15, 0.2) is 0 Å². The van der Waals surface area contributed by atoms with Crippen LogP contribution in [0.2, 0.25) is 5.02 Å². The summed E-state index contributed by atoms with van der Waals surface area (Å²) in [6.45, 7) is 4.36. The summed E-state index contributed by atoms with van der Waals surface area (Å²) in [5.41, 5.74) is 1.69. The molecule has 7 nitrogen and oxygen atoms in total. The number of urea groups is 1. The smallest absolute Gasteiger partial charge is 0.317 e. The maximum atomic E-state index is 12.6. The molecule has 2 aromatic rings. The van der Waals surface area contributed by atoms with Crippen molar-refractivity contribution in [1.29, 1.82) is 0 Å². The molecule has 1 atom stereocenters. The van der Waals surface area contributed by atoms with Gasteiger partial charge in [-0.3, -0.25) is 4.79 Å². The first-order valence-corrected chi connectivity index (χ1v) is 10.3. The van der Waals surface area contributed by atoms with Gasteiger partial charge in [-0.25, -0.2) is 9.78 Å². The maximum Gasteiger partial charge on any atom is 0.317 e. The molecule has 3 rings (SSSR count). The van der Waals surface area contributed by atoms with Crippen LogP contribution in [-0.4, -0.2) is 46.0 Å². The Bertz CT molecular complexity index is 850. The predicted molar refractivity (Wildman–Crippen MR) is 110 cm³/mol. The summed E-state index contributed by atoms with van der Waals surface area (Å²) in [4.78, 5) is 30.7. The molecule has 8 heteroatoms. The number of hydrogen-bond donors (Lipinski definition) is 2. The number of nitrogens with one attached hydrogen (secondary N) is 2. The summed E-state index contributed by atoms with van der Waals surface area (Å²) in [6, 6.07) is 5.52. The Labute approximate surface area is 170 Å². The van der Waals surface area contributed by atoms with Crippen LogP contribution in [0.15, 0.2) is 18.2 Å². The van der Waals surface area contributed by atoms with Crippen molar-refractivity contribution in [3.63, 3.8) is 0 Å². The molecule has 0 bridgehead atoms. The van der Waals surface area contributed by atoms with Crippen LogP contribution >= 0.6 is 11.6 Å². The number of fused-ring (bicyclic) bond motifs is 1. The average molecular weight is 406 g/mol. The minimum atomic E-state index is -0.0947. The van der Waals surface area contributed by atoms with Crippen molar-refractivity contribution in [2.24, 2.45) is 13.0 Å². The highest BCUT2D eigenvalue weighted by molar-refractivity contribution is 6.35. The molecule has 3 amide bonds.